The van der Waals surface area contributed by atoms with Gasteiger partial charge < -0.3 is 11.1 Å². The van der Waals surface area contributed by atoms with Gasteiger partial charge >= 0.3 is 0 Å². The van der Waals surface area contributed by atoms with Crippen molar-refractivity contribution in [1.82, 2.24) is 10.3 Å². The molecule has 0 aliphatic rings. The summed E-state index contributed by atoms with van der Waals surface area (Å²) in [6, 6.07) is 7.30. The number of amides is 1. The molecule has 24 heavy (non-hydrogen) atoms. The Kier molecular flexibility index (Phi) is 7.41. The van der Waals surface area contributed by atoms with Gasteiger partial charge in [0.15, 0.2) is 0 Å². The van der Waals surface area contributed by atoms with Crippen LogP contribution in [0.2, 0.25) is 0 Å². The molecule has 2 aromatic rings. The highest BCUT2D eigenvalue weighted by molar-refractivity contribution is 9.10. The van der Waals surface area contributed by atoms with Crippen LogP contribution in [0.3, 0.4) is 0 Å². The number of benzene rings is 1. The Bertz CT molecular complexity index is 682. The Hall–Kier alpha value is -0.950. The summed E-state index contributed by atoms with van der Waals surface area (Å²) < 4.78 is 1.04. The molecule has 7 heteroatoms. The molecule has 2 rings (SSSR count). The van der Waals surface area contributed by atoms with Crippen molar-refractivity contribution in [3.63, 3.8) is 0 Å². The van der Waals surface area contributed by atoms with Gasteiger partial charge in [-0.3, -0.25) is 4.79 Å². The minimum Gasteiger partial charge on any atom is -0.346 e. The van der Waals surface area contributed by atoms with Gasteiger partial charge in [0, 0.05) is 15.4 Å². The van der Waals surface area contributed by atoms with E-state index in [1.165, 1.54) is 11.3 Å². The molecule has 4 nitrogen and oxygen atoms in total. The lowest BCUT2D eigenvalue weighted by molar-refractivity contribution is -0.125. The third kappa shape index (κ3) is 5.28. The fourth-order valence-corrected chi connectivity index (χ4v) is 3.10. The van der Waals surface area contributed by atoms with Crippen molar-refractivity contribution in [1.29, 1.82) is 0 Å². The van der Waals surface area contributed by atoms with Gasteiger partial charge in [0.2, 0.25) is 5.91 Å². The summed E-state index contributed by atoms with van der Waals surface area (Å²) in [5.74, 6) is -0.148. The number of halogens is 2. The molecule has 0 saturated heterocycles. The second-order valence-electron chi connectivity index (χ2n) is 6.65. The maximum absolute atomic E-state index is 12.2. The molecule has 1 unspecified atom stereocenters. The molecule has 2 atom stereocenters. The van der Waals surface area contributed by atoms with Crippen LogP contribution in [0.1, 0.15) is 38.7 Å². The van der Waals surface area contributed by atoms with Crippen LogP contribution in [0.5, 0.6) is 0 Å². The van der Waals surface area contributed by atoms with Crippen molar-refractivity contribution in [2.75, 3.05) is 0 Å². The van der Waals surface area contributed by atoms with Gasteiger partial charge in [-0.15, -0.1) is 23.7 Å². The third-order valence-corrected chi connectivity index (χ3v) is 5.16. The summed E-state index contributed by atoms with van der Waals surface area (Å²) in [6.45, 7) is 7.79. The molecule has 0 fully saturated rings. The van der Waals surface area contributed by atoms with E-state index < -0.39 is 6.04 Å². The van der Waals surface area contributed by atoms with Crippen molar-refractivity contribution in [3.8, 4) is 11.3 Å². The Morgan fingerprint density at radius 3 is 2.42 bits per heavy atom. The predicted molar refractivity (Wildman–Crippen MR) is 106 cm³/mol. The van der Waals surface area contributed by atoms with Crippen molar-refractivity contribution >= 4 is 45.6 Å². The topological polar surface area (TPSA) is 68.0 Å². The number of hydrogen-bond acceptors (Lipinski definition) is 4. The predicted octanol–water partition coefficient (Wildman–Crippen LogP) is 4.55. The summed E-state index contributed by atoms with van der Waals surface area (Å²) in [4.78, 5) is 16.9. The number of nitrogens with two attached hydrogens (primary N) is 1. The van der Waals surface area contributed by atoms with E-state index in [0.717, 1.165) is 20.7 Å². The van der Waals surface area contributed by atoms with Crippen molar-refractivity contribution in [3.05, 3.63) is 39.1 Å². The lowest BCUT2D eigenvalue weighted by atomic mass is 9.87. The van der Waals surface area contributed by atoms with E-state index in [0.29, 0.717) is 0 Å². The highest BCUT2D eigenvalue weighted by Crippen LogP contribution is 2.27. The number of rotatable bonds is 4. The number of aromatic nitrogens is 1. The van der Waals surface area contributed by atoms with Crippen LogP contribution in [0.15, 0.2) is 34.1 Å². The van der Waals surface area contributed by atoms with Gasteiger partial charge in [0.25, 0.3) is 0 Å². The molecule has 0 saturated carbocycles. The normalized spacial score (nSPS) is 13.8. The number of hydrogen-bond donors (Lipinski definition) is 2. The number of carbonyl (C=O) groups is 1. The molecular formula is C17H23BrClN3OS. The number of carbonyl (C=O) groups excluding carboxylic acids is 1. The Morgan fingerprint density at radius 1 is 1.29 bits per heavy atom. The Labute approximate surface area is 161 Å². The first-order valence-corrected chi connectivity index (χ1v) is 9.13. The second-order valence-corrected chi connectivity index (χ2v) is 8.46. The van der Waals surface area contributed by atoms with Crippen LogP contribution in [-0.2, 0) is 4.79 Å². The fourth-order valence-electron chi connectivity index (χ4n) is 2.00. The van der Waals surface area contributed by atoms with E-state index in [1.807, 2.05) is 57.3 Å². The SMILES string of the molecule is CC(NC(=O)[C@@H](N)C(C)(C)C)c1nc(-c2ccc(Br)cc2)cs1.Cl. The Morgan fingerprint density at radius 2 is 1.88 bits per heavy atom. The average Bonchev–Trinajstić information content (AvgIpc) is 2.96. The van der Waals surface area contributed by atoms with E-state index >= 15 is 0 Å². The molecule has 132 valence electrons. The highest BCUT2D eigenvalue weighted by Gasteiger charge is 2.28. The van der Waals surface area contributed by atoms with Crippen LogP contribution in [0.4, 0.5) is 0 Å². The maximum atomic E-state index is 12.2. The van der Waals surface area contributed by atoms with Crippen LogP contribution >= 0.6 is 39.7 Å². The van der Waals surface area contributed by atoms with E-state index in [2.05, 4.69) is 26.2 Å². The fraction of sp³-hybridized carbons (Fsp3) is 0.412. The van der Waals surface area contributed by atoms with Crippen LogP contribution in [0, 0.1) is 5.41 Å². The summed E-state index contributed by atoms with van der Waals surface area (Å²) in [6.07, 6.45) is 0. The number of thiazole rings is 1. The van der Waals surface area contributed by atoms with Gasteiger partial charge in [0.1, 0.15) is 5.01 Å². The number of nitrogens with one attached hydrogen (secondary N) is 1. The highest BCUT2D eigenvalue weighted by atomic mass is 79.9. The smallest absolute Gasteiger partial charge is 0.238 e. The van der Waals surface area contributed by atoms with Crippen molar-refractivity contribution < 1.29 is 4.79 Å². The molecule has 0 radical (unpaired) electrons. The van der Waals surface area contributed by atoms with Crippen LogP contribution < -0.4 is 11.1 Å². The second kappa shape index (κ2) is 8.43. The molecule has 0 aliphatic carbocycles. The molecule has 0 aliphatic heterocycles. The van der Waals surface area contributed by atoms with Crippen LogP contribution in [-0.4, -0.2) is 16.9 Å². The first kappa shape index (κ1) is 21.1. The summed E-state index contributed by atoms with van der Waals surface area (Å²) >= 11 is 4.97. The first-order valence-electron chi connectivity index (χ1n) is 7.46. The molecule has 0 spiro atoms. The minimum atomic E-state index is -0.546. The monoisotopic (exact) mass is 431 g/mol. The van der Waals surface area contributed by atoms with Gasteiger partial charge in [-0.1, -0.05) is 48.8 Å². The van der Waals surface area contributed by atoms with Gasteiger partial charge in [-0.25, -0.2) is 4.98 Å². The minimum absolute atomic E-state index is 0. The van der Waals surface area contributed by atoms with Crippen LogP contribution in [0.25, 0.3) is 11.3 Å². The third-order valence-electron chi connectivity index (χ3n) is 3.61. The molecule has 3 N–H and O–H groups in total. The zero-order chi connectivity index (χ0) is 17.2. The van der Waals surface area contributed by atoms with E-state index in [1.54, 1.807) is 0 Å². The molecule has 1 heterocycles. The van der Waals surface area contributed by atoms with Crippen molar-refractivity contribution in [2.45, 2.75) is 39.8 Å². The van der Waals surface area contributed by atoms with Gasteiger partial charge in [-0.05, 0) is 24.5 Å². The first-order chi connectivity index (χ1) is 10.7. The van der Waals surface area contributed by atoms with E-state index in [-0.39, 0.29) is 29.8 Å². The maximum Gasteiger partial charge on any atom is 0.238 e. The van der Waals surface area contributed by atoms with E-state index in [9.17, 15) is 4.79 Å². The largest absolute Gasteiger partial charge is 0.346 e. The lowest BCUT2D eigenvalue weighted by Gasteiger charge is -2.27. The zero-order valence-electron chi connectivity index (χ0n) is 14.2. The molecule has 1 aromatic heterocycles. The summed E-state index contributed by atoms with van der Waals surface area (Å²) in [5, 5.41) is 5.83. The lowest BCUT2D eigenvalue weighted by Crippen LogP contribution is -2.49. The summed E-state index contributed by atoms with van der Waals surface area (Å²) in [5.41, 5.74) is 7.70. The Balaban J connectivity index is 0.00000288. The average molecular weight is 433 g/mol. The number of nitrogens with zero attached hydrogens (tertiary/aromatic N) is 1. The van der Waals surface area contributed by atoms with E-state index in [4.69, 9.17) is 5.73 Å². The zero-order valence-corrected chi connectivity index (χ0v) is 17.4. The molecule has 1 aromatic carbocycles. The van der Waals surface area contributed by atoms with Crippen molar-refractivity contribution in [2.24, 2.45) is 11.1 Å². The van der Waals surface area contributed by atoms with Gasteiger partial charge in [0.05, 0.1) is 17.8 Å². The summed E-state index contributed by atoms with van der Waals surface area (Å²) in [7, 11) is 0. The standard InChI is InChI=1S/C17H22BrN3OS.ClH/c1-10(20-15(22)14(19)17(2,3)4)16-21-13(9-23-16)11-5-7-12(18)8-6-11;/h5-10,14H,19H2,1-4H3,(H,20,22);1H/t10?,14-;/m1./s1. The molecule has 1 amide bonds. The van der Waals surface area contributed by atoms with Gasteiger partial charge in [-0.2, -0.15) is 0 Å². The molecule has 0 bridgehead atoms. The molecular weight excluding hydrogens is 410 g/mol. The quantitative estimate of drug-likeness (QED) is 0.745.